The minimum Gasteiger partial charge on any atom is -0.313 e. The molecule has 1 nitrogen and oxygen atoms in total. The van der Waals surface area contributed by atoms with Gasteiger partial charge in [-0.15, -0.1) is 0 Å². The van der Waals surface area contributed by atoms with Gasteiger partial charge in [0, 0.05) is 11.4 Å². The molecule has 3 rings (SSSR count). The van der Waals surface area contributed by atoms with E-state index in [0.29, 0.717) is 5.92 Å². The van der Waals surface area contributed by atoms with Crippen LogP contribution in [0, 0.1) is 11.7 Å². The Balaban J connectivity index is 2.26. The molecule has 0 spiro atoms. The van der Waals surface area contributed by atoms with Gasteiger partial charge in [0.2, 0.25) is 0 Å². The van der Waals surface area contributed by atoms with Crippen LogP contribution in [-0.4, -0.2) is 7.05 Å². The van der Waals surface area contributed by atoms with Crippen LogP contribution in [-0.2, 0) is 6.42 Å². The monoisotopic (exact) mass is 257 g/mol. The molecule has 100 valence electrons. The Morgan fingerprint density at radius 3 is 2.68 bits per heavy atom. The summed E-state index contributed by atoms with van der Waals surface area (Å²) in [6.45, 7) is 2.29. The number of aryl methyl sites for hydroxylation is 1. The Morgan fingerprint density at radius 2 is 1.95 bits per heavy atom. The van der Waals surface area contributed by atoms with E-state index in [9.17, 15) is 4.39 Å². The second kappa shape index (κ2) is 4.93. The molecule has 0 bridgehead atoms. The number of hydrogen-bond acceptors (Lipinski definition) is 1. The Bertz CT molecular complexity index is 605. The van der Waals surface area contributed by atoms with Crippen LogP contribution in [0.1, 0.15) is 36.9 Å². The van der Waals surface area contributed by atoms with Gasteiger partial charge in [-0.05, 0) is 54.8 Å². The molecule has 0 amide bonds. The maximum absolute atomic E-state index is 14.3. The zero-order valence-corrected chi connectivity index (χ0v) is 11.5. The molecule has 1 aliphatic rings. The lowest BCUT2D eigenvalue weighted by Crippen LogP contribution is -2.18. The molecular weight excluding hydrogens is 237 g/mol. The van der Waals surface area contributed by atoms with Gasteiger partial charge >= 0.3 is 0 Å². The van der Waals surface area contributed by atoms with E-state index in [-0.39, 0.29) is 11.9 Å². The molecule has 1 aliphatic carbocycles. The van der Waals surface area contributed by atoms with Crippen LogP contribution >= 0.6 is 0 Å². The van der Waals surface area contributed by atoms with Crippen LogP contribution < -0.4 is 5.32 Å². The smallest absolute Gasteiger partial charge is 0.131 e. The van der Waals surface area contributed by atoms with Crippen molar-refractivity contribution in [3.8, 4) is 0 Å². The molecule has 2 aromatic carbocycles. The van der Waals surface area contributed by atoms with Gasteiger partial charge in [0.15, 0.2) is 0 Å². The summed E-state index contributed by atoms with van der Waals surface area (Å²) >= 11 is 0. The van der Waals surface area contributed by atoms with E-state index in [1.54, 1.807) is 6.07 Å². The number of nitrogens with one attached hydrogen (secondary N) is 1. The minimum absolute atomic E-state index is 0.0934. The SMILES string of the molecule is CNC1CC(C)CCc2c1cc(F)c1ccccc21. The van der Waals surface area contributed by atoms with Gasteiger partial charge in [-0.1, -0.05) is 31.2 Å². The molecule has 2 aromatic rings. The van der Waals surface area contributed by atoms with Crippen molar-refractivity contribution >= 4 is 10.8 Å². The Kier molecular flexibility index (Phi) is 3.28. The molecular formula is C17H20FN. The number of halogens is 1. The Hall–Kier alpha value is -1.41. The molecule has 0 heterocycles. The molecule has 1 N–H and O–H groups in total. The summed E-state index contributed by atoms with van der Waals surface area (Å²) in [5.41, 5.74) is 2.49. The number of fused-ring (bicyclic) bond motifs is 3. The molecule has 0 saturated heterocycles. The van der Waals surface area contributed by atoms with Gasteiger partial charge in [-0.3, -0.25) is 0 Å². The van der Waals surface area contributed by atoms with Gasteiger partial charge in [0.25, 0.3) is 0 Å². The maximum atomic E-state index is 14.3. The van der Waals surface area contributed by atoms with Gasteiger partial charge < -0.3 is 5.32 Å². The van der Waals surface area contributed by atoms with E-state index < -0.39 is 0 Å². The van der Waals surface area contributed by atoms with Crippen molar-refractivity contribution in [1.29, 1.82) is 0 Å². The summed E-state index contributed by atoms with van der Waals surface area (Å²) in [7, 11) is 1.97. The van der Waals surface area contributed by atoms with E-state index in [0.717, 1.165) is 29.2 Å². The maximum Gasteiger partial charge on any atom is 0.131 e. The van der Waals surface area contributed by atoms with Crippen molar-refractivity contribution in [1.82, 2.24) is 5.32 Å². The molecule has 2 unspecified atom stereocenters. The van der Waals surface area contributed by atoms with E-state index in [1.165, 1.54) is 12.0 Å². The van der Waals surface area contributed by atoms with Crippen molar-refractivity contribution in [2.45, 2.75) is 32.2 Å². The standard InChI is InChI=1S/C17H20FN/c1-11-7-8-13-12-5-3-4-6-14(12)16(18)10-15(13)17(9-11)19-2/h3-6,10-11,17,19H,7-9H2,1-2H3. The molecule has 0 aliphatic heterocycles. The quantitative estimate of drug-likeness (QED) is 0.754. The average molecular weight is 257 g/mol. The Morgan fingerprint density at radius 1 is 1.21 bits per heavy atom. The third-order valence-corrected chi connectivity index (χ3v) is 4.39. The van der Waals surface area contributed by atoms with Gasteiger partial charge in [-0.25, -0.2) is 4.39 Å². The third-order valence-electron chi connectivity index (χ3n) is 4.39. The second-order valence-corrected chi connectivity index (χ2v) is 5.69. The van der Waals surface area contributed by atoms with Crippen LogP contribution in [0.3, 0.4) is 0 Å². The number of benzene rings is 2. The van der Waals surface area contributed by atoms with Crippen LogP contribution in [0.2, 0.25) is 0 Å². The molecule has 19 heavy (non-hydrogen) atoms. The summed E-state index contributed by atoms with van der Waals surface area (Å²) in [5, 5.41) is 5.20. The molecule has 0 aromatic heterocycles. The predicted octanol–water partition coefficient (Wildman–Crippen LogP) is 4.21. The summed E-state index contributed by atoms with van der Waals surface area (Å²) < 4.78 is 14.3. The normalized spacial score (nSPS) is 23.1. The Labute approximate surface area is 113 Å². The average Bonchev–Trinajstić information content (AvgIpc) is 2.59. The van der Waals surface area contributed by atoms with Crippen LogP contribution in [0.4, 0.5) is 4.39 Å². The van der Waals surface area contributed by atoms with Gasteiger partial charge in [0.05, 0.1) is 0 Å². The topological polar surface area (TPSA) is 12.0 Å². The van der Waals surface area contributed by atoms with Crippen LogP contribution in [0.15, 0.2) is 30.3 Å². The van der Waals surface area contributed by atoms with Crippen LogP contribution in [0.5, 0.6) is 0 Å². The molecule has 0 radical (unpaired) electrons. The highest BCUT2D eigenvalue weighted by Crippen LogP contribution is 2.36. The lowest BCUT2D eigenvalue weighted by molar-refractivity contribution is 0.427. The van der Waals surface area contributed by atoms with E-state index in [2.05, 4.69) is 18.3 Å². The lowest BCUT2D eigenvalue weighted by atomic mass is 9.93. The van der Waals surface area contributed by atoms with Crippen molar-refractivity contribution in [3.05, 3.63) is 47.3 Å². The molecule has 0 saturated carbocycles. The van der Waals surface area contributed by atoms with Crippen molar-refractivity contribution < 1.29 is 4.39 Å². The fourth-order valence-electron chi connectivity index (χ4n) is 3.31. The highest BCUT2D eigenvalue weighted by Gasteiger charge is 2.23. The van der Waals surface area contributed by atoms with Crippen molar-refractivity contribution in [3.63, 3.8) is 0 Å². The molecule has 0 fully saturated rings. The van der Waals surface area contributed by atoms with E-state index >= 15 is 0 Å². The van der Waals surface area contributed by atoms with Gasteiger partial charge in [0.1, 0.15) is 5.82 Å². The summed E-state index contributed by atoms with van der Waals surface area (Å²) in [6, 6.07) is 9.87. The first-order valence-electron chi connectivity index (χ1n) is 7.08. The van der Waals surface area contributed by atoms with Crippen LogP contribution in [0.25, 0.3) is 10.8 Å². The first kappa shape index (κ1) is 12.6. The number of hydrogen-bond donors (Lipinski definition) is 1. The van der Waals surface area contributed by atoms with E-state index in [4.69, 9.17) is 0 Å². The lowest BCUT2D eigenvalue weighted by Gasteiger charge is -2.20. The first-order valence-corrected chi connectivity index (χ1v) is 7.08. The summed E-state index contributed by atoms with van der Waals surface area (Å²) in [5.74, 6) is 0.579. The minimum atomic E-state index is -0.0934. The molecule has 2 atom stereocenters. The largest absolute Gasteiger partial charge is 0.313 e. The second-order valence-electron chi connectivity index (χ2n) is 5.69. The van der Waals surface area contributed by atoms with Crippen molar-refractivity contribution in [2.75, 3.05) is 7.05 Å². The fraction of sp³-hybridized carbons (Fsp3) is 0.412. The summed E-state index contributed by atoms with van der Waals surface area (Å²) in [6.07, 6.45) is 3.32. The molecule has 2 heteroatoms. The zero-order valence-electron chi connectivity index (χ0n) is 11.5. The van der Waals surface area contributed by atoms with E-state index in [1.807, 2.05) is 25.2 Å². The highest BCUT2D eigenvalue weighted by molar-refractivity contribution is 5.87. The number of rotatable bonds is 1. The summed E-state index contributed by atoms with van der Waals surface area (Å²) in [4.78, 5) is 0. The first-order chi connectivity index (χ1) is 9.20. The van der Waals surface area contributed by atoms with Crippen molar-refractivity contribution in [2.24, 2.45) is 5.92 Å². The predicted molar refractivity (Wildman–Crippen MR) is 77.8 cm³/mol. The highest BCUT2D eigenvalue weighted by atomic mass is 19.1. The van der Waals surface area contributed by atoms with Gasteiger partial charge in [-0.2, -0.15) is 0 Å². The third kappa shape index (κ3) is 2.14. The zero-order chi connectivity index (χ0) is 13.4. The fourth-order valence-corrected chi connectivity index (χ4v) is 3.31.